The molecule has 0 aliphatic rings. The average molecular weight is 132 g/mol. The fourth-order valence-corrected chi connectivity index (χ4v) is 0. The third-order valence-corrected chi connectivity index (χ3v) is 0. The van der Waals surface area contributed by atoms with E-state index in [1.165, 1.54) is 0 Å². The van der Waals surface area contributed by atoms with Crippen LogP contribution in [0.2, 0.25) is 0 Å². The van der Waals surface area contributed by atoms with Crippen LogP contribution >= 0.6 is 0 Å². The Hall–Kier alpha value is 0.348. The molecule has 0 saturated carbocycles. The summed E-state index contributed by atoms with van der Waals surface area (Å²) in [6, 6.07) is 0. The first-order valence-corrected chi connectivity index (χ1v) is 2.63. The van der Waals surface area contributed by atoms with Gasteiger partial charge < -0.3 is 0 Å². The molecule has 0 heterocycles. The third kappa shape index (κ3) is 35.2. The van der Waals surface area contributed by atoms with E-state index in [0.717, 1.165) is 0 Å². The summed E-state index contributed by atoms with van der Waals surface area (Å²) in [7, 11) is 0. The molecular formula is AsF3+. The molecule has 0 rings (SSSR count). The molecule has 4 heteroatoms. The summed E-state index contributed by atoms with van der Waals surface area (Å²) < 4.78 is 29.4. The van der Waals surface area contributed by atoms with E-state index in [2.05, 4.69) is 0 Å². The van der Waals surface area contributed by atoms with E-state index in [9.17, 15) is 10.4 Å². The zero-order valence-electron chi connectivity index (χ0n) is 1.58. The normalized spacial score (nSPS) is 9.00. The zero-order valence-corrected chi connectivity index (χ0v) is 3.46. The summed E-state index contributed by atoms with van der Waals surface area (Å²) >= 11 is -4.69. The van der Waals surface area contributed by atoms with Crippen molar-refractivity contribution < 1.29 is 10.4 Å². The summed E-state index contributed by atoms with van der Waals surface area (Å²) in [6.07, 6.45) is 0. The maximum atomic E-state index is 9.81. The second-order valence-electron chi connectivity index (χ2n) is 0.192. The van der Waals surface area contributed by atoms with Crippen molar-refractivity contribution in [3.8, 4) is 0 Å². The van der Waals surface area contributed by atoms with Gasteiger partial charge in [-0.25, -0.2) is 0 Å². The molecule has 0 bridgehead atoms. The first-order chi connectivity index (χ1) is 1.73. The Bertz CT molecular complexity index is 8.00. The minimum absolute atomic E-state index is 4.69. The molecule has 0 aromatic carbocycles. The SMILES string of the molecule is F[As+](F)F. The summed E-state index contributed by atoms with van der Waals surface area (Å²) in [6.45, 7) is 0. The Kier molecular flexibility index (Phi) is 1.79. The maximum absolute atomic E-state index is 9.81. The van der Waals surface area contributed by atoms with Gasteiger partial charge in [0.25, 0.3) is 0 Å². The van der Waals surface area contributed by atoms with Gasteiger partial charge in [-0.05, 0) is 0 Å². The van der Waals surface area contributed by atoms with Gasteiger partial charge in [-0.3, -0.25) is 0 Å². The number of hydrogen-bond donors (Lipinski definition) is 0. The van der Waals surface area contributed by atoms with E-state index in [1.807, 2.05) is 0 Å². The van der Waals surface area contributed by atoms with Crippen molar-refractivity contribution in [2.75, 3.05) is 0 Å². The van der Waals surface area contributed by atoms with Crippen LogP contribution < -0.4 is 0 Å². The third-order valence-electron chi connectivity index (χ3n) is 0. The van der Waals surface area contributed by atoms with Gasteiger partial charge in [0.2, 0.25) is 0 Å². The first kappa shape index (κ1) is 4.35. The second-order valence-corrected chi connectivity index (χ2v) is 0.996. The topological polar surface area (TPSA) is 0 Å². The monoisotopic (exact) mass is 132 g/mol. The van der Waals surface area contributed by atoms with Crippen molar-refractivity contribution >= 4 is 16.1 Å². The molecule has 0 nitrogen and oxygen atoms in total. The standard InChI is InChI=1S/AsF3/c2-1(3)4/q+1. The van der Waals surface area contributed by atoms with E-state index in [1.54, 1.807) is 0 Å². The van der Waals surface area contributed by atoms with Crippen LogP contribution in [-0.2, 0) is 0 Å². The average Bonchev–Trinajstić information content (AvgIpc) is 0.811. The van der Waals surface area contributed by atoms with E-state index in [4.69, 9.17) is 0 Å². The first-order valence-electron chi connectivity index (χ1n) is 0.507. The molecule has 0 aliphatic heterocycles. The van der Waals surface area contributed by atoms with Crippen LogP contribution in [0.5, 0.6) is 0 Å². The van der Waals surface area contributed by atoms with Crippen molar-refractivity contribution in [2.45, 2.75) is 0 Å². The van der Waals surface area contributed by atoms with Crippen LogP contribution in [0.15, 0.2) is 0 Å². The molecule has 0 aromatic rings. The molecule has 25 valence electrons. The number of rotatable bonds is 0. The minimum atomic E-state index is -4.69. The number of halogens is 3. The molecule has 1 radical (unpaired) electrons. The van der Waals surface area contributed by atoms with Gasteiger partial charge in [0.1, 0.15) is 0 Å². The molecule has 4 heavy (non-hydrogen) atoms. The Labute approximate surface area is 27.4 Å². The van der Waals surface area contributed by atoms with Crippen LogP contribution in [0, 0.1) is 0 Å². The zero-order chi connectivity index (χ0) is 3.58. The summed E-state index contributed by atoms with van der Waals surface area (Å²) in [5, 5.41) is 0. The van der Waals surface area contributed by atoms with E-state index in [-0.39, 0.29) is 0 Å². The van der Waals surface area contributed by atoms with Crippen LogP contribution in [-0.4, -0.2) is 16.1 Å². The van der Waals surface area contributed by atoms with E-state index >= 15 is 0 Å². The Balaban J connectivity index is 2.32. The molecule has 0 spiro atoms. The fourth-order valence-electron chi connectivity index (χ4n) is 0. The molecular weight excluding hydrogens is 132 g/mol. The summed E-state index contributed by atoms with van der Waals surface area (Å²) in [5.41, 5.74) is 0. The van der Waals surface area contributed by atoms with Gasteiger partial charge in [-0.15, -0.1) is 0 Å². The van der Waals surface area contributed by atoms with E-state index in [0.29, 0.717) is 0 Å². The Morgan fingerprint density at radius 2 is 1.00 bits per heavy atom. The Morgan fingerprint density at radius 3 is 1.00 bits per heavy atom. The number of hydrogen-bond acceptors (Lipinski definition) is 0. The summed E-state index contributed by atoms with van der Waals surface area (Å²) in [4.78, 5) is 0. The molecule has 0 fully saturated rings. The van der Waals surface area contributed by atoms with Crippen LogP contribution in [0.25, 0.3) is 0 Å². The Morgan fingerprint density at radius 1 is 1.00 bits per heavy atom. The van der Waals surface area contributed by atoms with Gasteiger partial charge in [0.15, 0.2) is 0 Å². The summed E-state index contributed by atoms with van der Waals surface area (Å²) in [5.74, 6) is 0. The molecule has 0 amide bonds. The van der Waals surface area contributed by atoms with Crippen molar-refractivity contribution in [3.63, 3.8) is 0 Å². The van der Waals surface area contributed by atoms with Gasteiger partial charge in [0, 0.05) is 0 Å². The van der Waals surface area contributed by atoms with Crippen LogP contribution in [0.3, 0.4) is 0 Å². The van der Waals surface area contributed by atoms with Crippen molar-refractivity contribution in [3.05, 3.63) is 0 Å². The molecule has 0 aliphatic carbocycles. The van der Waals surface area contributed by atoms with Crippen molar-refractivity contribution in [1.29, 1.82) is 0 Å². The van der Waals surface area contributed by atoms with Gasteiger partial charge >= 0.3 is 26.5 Å². The van der Waals surface area contributed by atoms with Crippen LogP contribution in [0.1, 0.15) is 0 Å². The molecule has 0 aromatic heterocycles. The molecule has 0 saturated heterocycles. The van der Waals surface area contributed by atoms with Gasteiger partial charge in [-0.2, -0.15) is 0 Å². The molecule has 0 N–H and O–H groups in total. The molecule has 0 unspecified atom stereocenters. The molecule has 0 atom stereocenters. The van der Waals surface area contributed by atoms with Gasteiger partial charge in [0.05, 0.1) is 0 Å². The predicted octanol–water partition coefficient (Wildman–Crippen LogP) is 0.880. The van der Waals surface area contributed by atoms with Crippen molar-refractivity contribution in [1.82, 2.24) is 0 Å². The second kappa shape index (κ2) is 1.65. The van der Waals surface area contributed by atoms with Crippen LogP contribution in [0.4, 0.5) is 10.4 Å². The van der Waals surface area contributed by atoms with Gasteiger partial charge in [-0.1, -0.05) is 0 Å². The predicted molar refractivity (Wildman–Crippen MR) is 9.08 cm³/mol. The fraction of sp³-hybridized carbons (Fsp3) is 0. The quantitative estimate of drug-likeness (QED) is 0.429. The van der Waals surface area contributed by atoms with E-state index < -0.39 is 16.1 Å². The van der Waals surface area contributed by atoms with Crippen molar-refractivity contribution in [2.24, 2.45) is 0 Å².